The summed E-state index contributed by atoms with van der Waals surface area (Å²) in [5.74, 6) is 0.337. The molecule has 2 aromatic heterocycles. The summed E-state index contributed by atoms with van der Waals surface area (Å²) in [7, 11) is 0. The zero-order valence-electron chi connectivity index (χ0n) is 28.9. The second-order valence-corrected chi connectivity index (χ2v) is 13.8. The van der Waals surface area contributed by atoms with Crippen LogP contribution in [-0.2, 0) is 11.3 Å². The number of carbonyl (C=O) groups excluding carboxylic acids is 1. The van der Waals surface area contributed by atoms with Gasteiger partial charge in [0.25, 0.3) is 0 Å². The highest BCUT2D eigenvalue weighted by Gasteiger charge is 2.31. The smallest absolute Gasteiger partial charge is 0.445 e. The van der Waals surface area contributed by atoms with Crippen molar-refractivity contribution in [3.8, 4) is 28.5 Å². The molecule has 15 heteroatoms. The van der Waals surface area contributed by atoms with E-state index >= 15 is 0 Å². The Hall–Kier alpha value is -5.64. The van der Waals surface area contributed by atoms with Crippen LogP contribution in [0.1, 0.15) is 40.0 Å². The van der Waals surface area contributed by atoms with Crippen molar-refractivity contribution < 1.29 is 27.4 Å². The summed E-state index contributed by atoms with van der Waals surface area (Å²) < 4.78 is 50.8. The lowest BCUT2D eigenvalue weighted by Gasteiger charge is -2.23. The molecule has 10 nitrogen and oxygen atoms in total. The minimum absolute atomic E-state index is 0.0859. The summed E-state index contributed by atoms with van der Waals surface area (Å²) in [5.41, 5.74) is 6.41. The molecule has 2 atom stereocenters. The van der Waals surface area contributed by atoms with Crippen molar-refractivity contribution in [1.82, 2.24) is 30.0 Å². The Balaban J connectivity index is 1.12. The van der Waals surface area contributed by atoms with E-state index in [1.807, 2.05) is 54.8 Å². The number of halogens is 3. The van der Waals surface area contributed by atoms with Crippen LogP contribution in [0, 0.1) is 13.8 Å². The summed E-state index contributed by atoms with van der Waals surface area (Å²) in [6.07, 6.45) is -0.399. The minimum atomic E-state index is -4.78. The number of nitrogens with zero attached hydrogens (tertiary/aromatic N) is 5. The number of hydrogen-bond acceptors (Lipinski definition) is 9. The summed E-state index contributed by atoms with van der Waals surface area (Å²) in [4.78, 5) is 23.1. The number of alkyl halides is 3. The highest BCUT2D eigenvalue weighted by atomic mass is 32.1. The molecule has 2 N–H and O–H groups in total. The van der Waals surface area contributed by atoms with Crippen LogP contribution in [0.5, 0.6) is 5.75 Å². The molecule has 54 heavy (non-hydrogen) atoms. The third kappa shape index (κ3) is 9.10. The number of ether oxygens (including phenoxy) is 2. The first kappa shape index (κ1) is 36.7. The van der Waals surface area contributed by atoms with Gasteiger partial charge in [-0.25, -0.2) is 19.5 Å². The number of allylic oxidation sites excluding steroid dienone is 2. The number of aromatic nitrogens is 4. The van der Waals surface area contributed by atoms with Crippen LogP contribution in [0.2, 0.25) is 0 Å². The predicted octanol–water partition coefficient (Wildman–Crippen LogP) is 8.28. The van der Waals surface area contributed by atoms with Crippen LogP contribution in [0.3, 0.4) is 0 Å². The van der Waals surface area contributed by atoms with Gasteiger partial charge in [-0.1, -0.05) is 84.4 Å². The Morgan fingerprint density at radius 3 is 2.44 bits per heavy atom. The van der Waals surface area contributed by atoms with Gasteiger partial charge in [0.15, 0.2) is 10.6 Å². The molecule has 1 aliphatic rings. The van der Waals surface area contributed by atoms with E-state index in [-0.39, 0.29) is 12.4 Å². The molecule has 2 unspecified atom stereocenters. The summed E-state index contributed by atoms with van der Waals surface area (Å²) >= 11 is 6.29. The maximum atomic E-state index is 13.1. The van der Waals surface area contributed by atoms with Gasteiger partial charge in [0, 0.05) is 22.6 Å². The number of rotatable bonds is 12. The van der Waals surface area contributed by atoms with Gasteiger partial charge < -0.3 is 14.8 Å². The maximum Gasteiger partial charge on any atom is 0.573 e. The quantitative estimate of drug-likeness (QED) is 0.0658. The van der Waals surface area contributed by atoms with Crippen LogP contribution < -0.4 is 20.2 Å². The molecule has 4 aromatic carbocycles. The third-order valence-corrected chi connectivity index (χ3v) is 9.62. The average Bonchev–Trinajstić information content (AvgIpc) is 3.78. The normalized spacial score (nSPS) is 14.1. The van der Waals surface area contributed by atoms with Crippen molar-refractivity contribution in [2.75, 3.05) is 0 Å². The van der Waals surface area contributed by atoms with Crippen LogP contribution in [0.15, 0.2) is 126 Å². The molecule has 0 saturated heterocycles. The average molecular weight is 770 g/mol. The van der Waals surface area contributed by atoms with Gasteiger partial charge in [0.1, 0.15) is 30.3 Å². The number of carbonyl (C=O) groups is 1. The lowest BCUT2D eigenvalue weighted by Crippen LogP contribution is -2.41. The molecule has 0 radical (unpaired) electrons. The first-order chi connectivity index (χ1) is 26.0. The van der Waals surface area contributed by atoms with E-state index < -0.39 is 24.1 Å². The highest BCUT2D eigenvalue weighted by molar-refractivity contribution is 7.80. The molecule has 0 saturated carbocycles. The number of thiazole rings is 1. The summed E-state index contributed by atoms with van der Waals surface area (Å²) in [6, 6.07) is 28.3. The number of alkyl carbamates (subject to hydrolysis) is 1. The van der Waals surface area contributed by atoms with Gasteiger partial charge in [-0.2, -0.15) is 0 Å². The van der Waals surface area contributed by atoms with Crippen molar-refractivity contribution in [3.63, 3.8) is 0 Å². The summed E-state index contributed by atoms with van der Waals surface area (Å²) in [6.45, 7) is 4.20. The molecular weight excluding hydrogens is 736 g/mol. The van der Waals surface area contributed by atoms with Crippen LogP contribution in [0.4, 0.5) is 18.0 Å². The largest absolute Gasteiger partial charge is 0.573 e. The number of hydrogen-bond donors (Lipinski definition) is 3. The zero-order valence-corrected chi connectivity index (χ0v) is 30.6. The molecule has 1 amide bonds. The van der Waals surface area contributed by atoms with E-state index in [1.165, 1.54) is 57.7 Å². The molecule has 0 spiro atoms. The fraction of sp³-hybridized carbons (Fsp3) is 0.179. The molecule has 6 aromatic rings. The predicted molar refractivity (Wildman–Crippen MR) is 202 cm³/mol. The van der Waals surface area contributed by atoms with E-state index in [1.54, 1.807) is 12.1 Å². The molecule has 0 bridgehead atoms. The van der Waals surface area contributed by atoms with Gasteiger partial charge in [-0.15, -0.1) is 42.2 Å². The molecule has 2 heterocycles. The highest BCUT2D eigenvalue weighted by Crippen LogP contribution is 2.35. The Labute approximate surface area is 318 Å². The van der Waals surface area contributed by atoms with E-state index in [2.05, 4.69) is 67.3 Å². The number of amides is 1. The Morgan fingerprint density at radius 2 is 1.74 bits per heavy atom. The standard InChI is InChI=1S/C39H34F3N7O3S2/c1-24-8-19-33(32(20-24)27-9-10-27)49-25(2)22-54-37(49)46-36(53)44-35(45-38(50)51-21-26-6-4-3-5-7-26)29-13-11-28(12-14-29)34-43-23-48(47-34)30-15-17-31(18-16-30)52-39(40,41)42/h3-20,22-23,27,35-36,44,53H,21H2,1-2H3,(H,45,50)/b46-37-. The zero-order chi connectivity index (χ0) is 37.8. The Kier molecular flexibility index (Phi) is 10.7. The third-order valence-electron chi connectivity index (χ3n) is 8.40. The van der Waals surface area contributed by atoms with E-state index in [4.69, 9.17) is 22.4 Å². The Bertz CT molecular complexity index is 2330. The fourth-order valence-corrected chi connectivity index (χ4v) is 6.95. The molecule has 276 valence electrons. The van der Waals surface area contributed by atoms with Crippen molar-refractivity contribution in [2.45, 2.75) is 44.4 Å². The van der Waals surface area contributed by atoms with Gasteiger partial charge in [-0.05, 0) is 60.9 Å². The fourth-order valence-electron chi connectivity index (χ4n) is 5.72. The van der Waals surface area contributed by atoms with Crippen LogP contribution in [-0.4, -0.2) is 37.3 Å². The van der Waals surface area contributed by atoms with Crippen molar-refractivity contribution >= 4 is 30.1 Å². The van der Waals surface area contributed by atoms with E-state index in [9.17, 15) is 18.0 Å². The lowest BCUT2D eigenvalue weighted by atomic mass is 10.0. The number of nitrogens with one attached hydrogen (secondary N) is 2. The second-order valence-electron chi connectivity index (χ2n) is 12.5. The monoisotopic (exact) mass is 769 g/mol. The van der Waals surface area contributed by atoms with Crippen LogP contribution >= 0.6 is 24.0 Å². The van der Waals surface area contributed by atoms with Crippen molar-refractivity contribution in [1.29, 1.82) is 0 Å². The van der Waals surface area contributed by atoms with Gasteiger partial charge in [-0.3, -0.25) is 9.88 Å². The van der Waals surface area contributed by atoms with Crippen LogP contribution in [0.25, 0.3) is 22.8 Å². The first-order valence-electron chi connectivity index (χ1n) is 16.8. The first-order valence-corrected chi connectivity index (χ1v) is 18.2. The topological polar surface area (TPSA) is 108 Å². The number of thiol groups is 1. The molecule has 7 rings (SSSR count). The second kappa shape index (κ2) is 15.8. The van der Waals surface area contributed by atoms with Crippen molar-refractivity contribution in [3.05, 3.63) is 154 Å². The maximum absolute atomic E-state index is 13.1. The lowest BCUT2D eigenvalue weighted by molar-refractivity contribution is -0.274. The van der Waals surface area contributed by atoms with Gasteiger partial charge >= 0.3 is 12.5 Å². The van der Waals surface area contributed by atoms with E-state index in [0.717, 1.165) is 21.7 Å². The van der Waals surface area contributed by atoms with E-state index in [0.29, 0.717) is 28.6 Å². The number of benzene rings is 4. The molecule has 1 aliphatic carbocycles. The molecule has 0 fully saturated rings. The summed E-state index contributed by atoms with van der Waals surface area (Å²) in [5, 5.41) is 12.8. The molecular formula is C39H34F3N7O3S2. The Morgan fingerprint density at radius 1 is 1.00 bits per heavy atom. The van der Waals surface area contributed by atoms with Gasteiger partial charge in [0.05, 0.1) is 11.4 Å². The van der Waals surface area contributed by atoms with Gasteiger partial charge in [0.2, 0.25) is 0 Å². The van der Waals surface area contributed by atoms with Crippen molar-refractivity contribution in [2.24, 2.45) is 4.99 Å². The SMILES string of the molecule is Cc1ccc(-n2c(C)cs/c2=N\C(S)NC(NC(=O)OCc2ccccc2)c2ccc(-c3ncn(-c4ccc(OC(F)(F)F)cc4)n3)cc2)c(C2C=C2)c1. The molecule has 0 aliphatic heterocycles. The number of aryl methyl sites for hydroxylation is 2. The minimum Gasteiger partial charge on any atom is -0.445 e.